The molecule has 15 heavy (non-hydrogen) atoms. The van der Waals surface area contributed by atoms with Crippen LogP contribution in [0.3, 0.4) is 0 Å². The standard InChI is InChI=1S/C10H16N2O3/c1-4-5-12-7-9(6-11-12)15-8(2)10(13)14-3/h6-8H,4-5H2,1-3H3. The topological polar surface area (TPSA) is 53.4 Å². The Labute approximate surface area is 89.0 Å². The van der Waals surface area contributed by atoms with Crippen LogP contribution in [0.2, 0.25) is 0 Å². The Balaban J connectivity index is 2.53. The van der Waals surface area contributed by atoms with Gasteiger partial charge in [-0.1, -0.05) is 6.92 Å². The van der Waals surface area contributed by atoms with Crippen LogP contribution in [0.15, 0.2) is 12.4 Å². The van der Waals surface area contributed by atoms with Gasteiger partial charge in [0.15, 0.2) is 11.9 Å². The van der Waals surface area contributed by atoms with Gasteiger partial charge in [-0.2, -0.15) is 5.10 Å². The van der Waals surface area contributed by atoms with Crippen LogP contribution in [0, 0.1) is 0 Å². The molecule has 0 radical (unpaired) electrons. The molecule has 0 spiro atoms. The molecule has 5 nitrogen and oxygen atoms in total. The van der Waals surface area contributed by atoms with Crippen molar-refractivity contribution in [2.24, 2.45) is 0 Å². The molecule has 0 aliphatic rings. The van der Waals surface area contributed by atoms with Gasteiger partial charge in [0.05, 0.1) is 19.5 Å². The molecule has 1 atom stereocenters. The first-order chi connectivity index (χ1) is 7.17. The highest BCUT2D eigenvalue weighted by atomic mass is 16.6. The Hall–Kier alpha value is -1.52. The summed E-state index contributed by atoms with van der Waals surface area (Å²) in [5.74, 6) is 0.194. The minimum atomic E-state index is -0.603. The second kappa shape index (κ2) is 5.38. The van der Waals surface area contributed by atoms with Gasteiger partial charge >= 0.3 is 5.97 Å². The van der Waals surface area contributed by atoms with Gasteiger partial charge in [0, 0.05) is 6.54 Å². The number of nitrogens with zero attached hydrogens (tertiary/aromatic N) is 2. The molecule has 0 aliphatic heterocycles. The quantitative estimate of drug-likeness (QED) is 0.689. The number of aryl methyl sites for hydroxylation is 1. The molecule has 0 aliphatic carbocycles. The number of carbonyl (C=O) groups excluding carboxylic acids is 1. The fourth-order valence-electron chi connectivity index (χ4n) is 1.18. The number of hydrogen-bond donors (Lipinski definition) is 0. The molecule has 0 amide bonds. The third kappa shape index (κ3) is 3.27. The average Bonchev–Trinajstić information content (AvgIpc) is 2.65. The van der Waals surface area contributed by atoms with Crippen molar-refractivity contribution in [3.05, 3.63) is 12.4 Å². The lowest BCUT2D eigenvalue weighted by molar-refractivity contribution is -0.147. The van der Waals surface area contributed by atoms with E-state index >= 15 is 0 Å². The van der Waals surface area contributed by atoms with Crippen LogP contribution in [0.4, 0.5) is 0 Å². The van der Waals surface area contributed by atoms with E-state index in [-0.39, 0.29) is 0 Å². The number of aromatic nitrogens is 2. The number of hydrogen-bond acceptors (Lipinski definition) is 4. The SMILES string of the molecule is CCCn1cc(OC(C)C(=O)OC)cn1. The van der Waals surface area contributed by atoms with Gasteiger partial charge in [-0.25, -0.2) is 4.79 Å². The lowest BCUT2D eigenvalue weighted by Crippen LogP contribution is -2.24. The van der Waals surface area contributed by atoms with Gasteiger partial charge in [0.2, 0.25) is 0 Å². The lowest BCUT2D eigenvalue weighted by atomic mass is 10.4. The van der Waals surface area contributed by atoms with Crippen LogP contribution >= 0.6 is 0 Å². The summed E-state index contributed by atoms with van der Waals surface area (Å²) in [4.78, 5) is 11.1. The van der Waals surface area contributed by atoms with Crippen molar-refractivity contribution in [2.45, 2.75) is 32.9 Å². The summed E-state index contributed by atoms with van der Waals surface area (Å²) < 4.78 is 11.7. The molecule has 1 heterocycles. The first-order valence-electron chi connectivity index (χ1n) is 4.94. The molecule has 0 saturated carbocycles. The van der Waals surface area contributed by atoms with Crippen molar-refractivity contribution < 1.29 is 14.3 Å². The fourth-order valence-corrected chi connectivity index (χ4v) is 1.18. The van der Waals surface area contributed by atoms with Gasteiger partial charge in [0.1, 0.15) is 0 Å². The Morgan fingerprint density at radius 1 is 1.67 bits per heavy atom. The van der Waals surface area contributed by atoms with Gasteiger partial charge in [-0.15, -0.1) is 0 Å². The van der Waals surface area contributed by atoms with Crippen LogP contribution in [0.5, 0.6) is 5.75 Å². The second-order valence-corrected chi connectivity index (χ2v) is 3.22. The maximum absolute atomic E-state index is 11.1. The molecular weight excluding hydrogens is 196 g/mol. The van der Waals surface area contributed by atoms with E-state index in [0.29, 0.717) is 5.75 Å². The van der Waals surface area contributed by atoms with Crippen LogP contribution in [0.25, 0.3) is 0 Å². The van der Waals surface area contributed by atoms with Crippen molar-refractivity contribution in [3.63, 3.8) is 0 Å². The molecule has 0 fully saturated rings. The number of rotatable bonds is 5. The Morgan fingerprint density at radius 2 is 2.40 bits per heavy atom. The lowest BCUT2D eigenvalue weighted by Gasteiger charge is -2.09. The molecule has 1 rings (SSSR count). The van der Waals surface area contributed by atoms with Gasteiger partial charge < -0.3 is 9.47 Å². The minimum Gasteiger partial charge on any atom is -0.476 e. The fraction of sp³-hybridized carbons (Fsp3) is 0.600. The summed E-state index contributed by atoms with van der Waals surface area (Å²) >= 11 is 0. The highest BCUT2D eigenvalue weighted by Crippen LogP contribution is 2.11. The zero-order chi connectivity index (χ0) is 11.3. The van der Waals surface area contributed by atoms with Crippen molar-refractivity contribution in [3.8, 4) is 5.75 Å². The Bertz CT molecular complexity index is 322. The summed E-state index contributed by atoms with van der Waals surface area (Å²) in [7, 11) is 1.34. The molecule has 0 aromatic carbocycles. The summed E-state index contributed by atoms with van der Waals surface area (Å²) in [6.45, 7) is 4.55. The smallest absolute Gasteiger partial charge is 0.346 e. The zero-order valence-electron chi connectivity index (χ0n) is 9.27. The third-order valence-corrected chi connectivity index (χ3v) is 1.91. The number of ether oxygens (including phenoxy) is 2. The molecule has 1 aromatic rings. The van der Waals surface area contributed by atoms with E-state index < -0.39 is 12.1 Å². The number of esters is 1. The maximum atomic E-state index is 11.1. The Kier molecular flexibility index (Phi) is 4.15. The van der Waals surface area contributed by atoms with E-state index in [1.807, 2.05) is 0 Å². The number of methoxy groups -OCH3 is 1. The first kappa shape index (κ1) is 11.6. The summed E-state index contributed by atoms with van der Waals surface area (Å²) in [6, 6.07) is 0. The van der Waals surface area contributed by atoms with Gasteiger partial charge in [-0.3, -0.25) is 4.68 Å². The summed E-state index contributed by atoms with van der Waals surface area (Å²) in [6.07, 6.45) is 3.76. The summed E-state index contributed by atoms with van der Waals surface area (Å²) in [5.41, 5.74) is 0. The minimum absolute atomic E-state index is 0.391. The maximum Gasteiger partial charge on any atom is 0.346 e. The van der Waals surface area contributed by atoms with E-state index in [1.165, 1.54) is 7.11 Å². The van der Waals surface area contributed by atoms with Crippen molar-refractivity contribution >= 4 is 5.97 Å². The van der Waals surface area contributed by atoms with Crippen LogP contribution in [-0.4, -0.2) is 29.0 Å². The zero-order valence-corrected chi connectivity index (χ0v) is 9.27. The predicted molar refractivity (Wildman–Crippen MR) is 54.6 cm³/mol. The van der Waals surface area contributed by atoms with Crippen LogP contribution in [0.1, 0.15) is 20.3 Å². The van der Waals surface area contributed by atoms with E-state index in [2.05, 4.69) is 16.8 Å². The highest BCUT2D eigenvalue weighted by molar-refractivity contribution is 5.74. The van der Waals surface area contributed by atoms with Crippen molar-refractivity contribution in [1.29, 1.82) is 0 Å². The monoisotopic (exact) mass is 212 g/mol. The Morgan fingerprint density at radius 3 is 3.00 bits per heavy atom. The van der Waals surface area contributed by atoms with E-state index in [1.54, 1.807) is 24.0 Å². The predicted octanol–water partition coefficient (Wildman–Crippen LogP) is 1.23. The molecule has 0 N–H and O–H groups in total. The van der Waals surface area contributed by atoms with Crippen molar-refractivity contribution in [1.82, 2.24) is 9.78 Å². The largest absolute Gasteiger partial charge is 0.476 e. The average molecular weight is 212 g/mol. The summed E-state index contributed by atoms with van der Waals surface area (Å²) in [5, 5.41) is 4.08. The molecule has 0 bridgehead atoms. The molecular formula is C10H16N2O3. The van der Waals surface area contributed by atoms with Crippen molar-refractivity contribution in [2.75, 3.05) is 7.11 Å². The first-order valence-corrected chi connectivity index (χ1v) is 4.94. The van der Waals surface area contributed by atoms with Crippen LogP contribution < -0.4 is 4.74 Å². The molecule has 0 saturated heterocycles. The molecule has 5 heteroatoms. The van der Waals surface area contributed by atoms with Gasteiger partial charge in [-0.05, 0) is 13.3 Å². The van der Waals surface area contributed by atoms with Crippen LogP contribution in [-0.2, 0) is 16.1 Å². The van der Waals surface area contributed by atoms with E-state index in [4.69, 9.17) is 4.74 Å². The third-order valence-electron chi connectivity index (χ3n) is 1.91. The molecule has 1 aromatic heterocycles. The highest BCUT2D eigenvalue weighted by Gasteiger charge is 2.15. The normalized spacial score (nSPS) is 12.2. The van der Waals surface area contributed by atoms with E-state index in [0.717, 1.165) is 13.0 Å². The van der Waals surface area contributed by atoms with Gasteiger partial charge in [0.25, 0.3) is 0 Å². The molecule has 84 valence electrons. The number of carbonyl (C=O) groups is 1. The second-order valence-electron chi connectivity index (χ2n) is 3.22. The molecule has 1 unspecified atom stereocenters. The van der Waals surface area contributed by atoms with E-state index in [9.17, 15) is 4.79 Å².